The molecule has 3 aromatic rings. The van der Waals surface area contributed by atoms with E-state index in [1.165, 1.54) is 11.3 Å². The summed E-state index contributed by atoms with van der Waals surface area (Å²) in [4.78, 5) is 16.9. The van der Waals surface area contributed by atoms with Gasteiger partial charge in [0, 0.05) is 10.9 Å². The van der Waals surface area contributed by atoms with E-state index in [0.29, 0.717) is 18.3 Å². The Morgan fingerprint density at radius 2 is 1.81 bits per heavy atom. The van der Waals surface area contributed by atoms with Gasteiger partial charge in [-0.3, -0.25) is 15.1 Å². The number of hydrogen-bond acceptors (Lipinski definition) is 6. The van der Waals surface area contributed by atoms with E-state index in [2.05, 4.69) is 15.4 Å². The lowest BCUT2D eigenvalue weighted by Crippen LogP contribution is -2.36. The smallest absolute Gasteiger partial charge is 0.314 e. The van der Waals surface area contributed by atoms with Crippen molar-refractivity contribution in [2.24, 2.45) is 5.10 Å². The first kappa shape index (κ1) is 16.3. The fourth-order valence-electron chi connectivity index (χ4n) is 2.54. The first-order valence-electron chi connectivity index (χ1n) is 8.16. The fourth-order valence-corrected chi connectivity index (χ4v) is 3.25. The van der Waals surface area contributed by atoms with E-state index in [1.807, 2.05) is 66.0 Å². The number of hydrazone groups is 1. The number of hydrogen-bond donors (Lipinski definition) is 1. The predicted octanol–water partition coefficient (Wildman–Crippen LogP) is 3.60. The van der Waals surface area contributed by atoms with Crippen LogP contribution in [0.15, 0.2) is 71.1 Å². The topological polar surface area (TPSA) is 66.8 Å². The van der Waals surface area contributed by atoms with Crippen LogP contribution in [0.5, 0.6) is 0 Å². The molecule has 6 nitrogen and oxygen atoms in total. The predicted molar refractivity (Wildman–Crippen MR) is 103 cm³/mol. The minimum Gasteiger partial charge on any atom is -0.471 e. The summed E-state index contributed by atoms with van der Waals surface area (Å²) >= 11 is 1.37. The van der Waals surface area contributed by atoms with Gasteiger partial charge in [0.2, 0.25) is 0 Å². The van der Waals surface area contributed by atoms with Crippen LogP contribution >= 0.6 is 11.3 Å². The summed E-state index contributed by atoms with van der Waals surface area (Å²) < 4.78 is 5.43. The van der Waals surface area contributed by atoms with Gasteiger partial charge < -0.3 is 4.74 Å². The minimum atomic E-state index is -0.403. The Labute approximate surface area is 154 Å². The standard InChI is InChI=1S/C19H16N4O2S/c24-17(18-22-23(11-12-25-18)15-9-5-2-6-10-15)21-19-20-16(13-26-19)14-7-3-1-4-8-14/h1-10,13H,11-12H2,(H,20,21,24). The van der Waals surface area contributed by atoms with E-state index in [9.17, 15) is 4.79 Å². The van der Waals surface area contributed by atoms with Gasteiger partial charge in [-0.15, -0.1) is 16.4 Å². The molecular formula is C19H16N4O2S. The lowest BCUT2D eigenvalue weighted by Gasteiger charge is -2.24. The molecule has 1 aliphatic rings. The second-order valence-electron chi connectivity index (χ2n) is 5.57. The molecule has 0 unspecified atom stereocenters. The van der Waals surface area contributed by atoms with Gasteiger partial charge >= 0.3 is 5.91 Å². The maximum atomic E-state index is 12.5. The molecule has 0 saturated carbocycles. The third-order valence-corrected chi connectivity index (χ3v) is 4.55. The van der Waals surface area contributed by atoms with Crippen molar-refractivity contribution in [3.05, 3.63) is 66.0 Å². The highest BCUT2D eigenvalue weighted by molar-refractivity contribution is 7.14. The van der Waals surface area contributed by atoms with Gasteiger partial charge in [0.1, 0.15) is 6.61 Å². The van der Waals surface area contributed by atoms with Crippen molar-refractivity contribution in [1.82, 2.24) is 4.98 Å². The number of anilines is 2. The molecule has 1 aromatic heterocycles. The van der Waals surface area contributed by atoms with Crippen molar-refractivity contribution >= 4 is 34.0 Å². The summed E-state index contributed by atoms with van der Waals surface area (Å²) in [5, 5.41) is 11.2. The highest BCUT2D eigenvalue weighted by atomic mass is 32.1. The zero-order chi connectivity index (χ0) is 17.8. The molecule has 7 heteroatoms. The van der Waals surface area contributed by atoms with Crippen LogP contribution in [0.25, 0.3) is 11.3 Å². The Morgan fingerprint density at radius 3 is 2.58 bits per heavy atom. The van der Waals surface area contributed by atoms with Gasteiger partial charge in [-0.1, -0.05) is 48.5 Å². The number of nitrogens with one attached hydrogen (secondary N) is 1. The van der Waals surface area contributed by atoms with Gasteiger partial charge in [0.25, 0.3) is 5.90 Å². The summed E-state index contributed by atoms with van der Waals surface area (Å²) in [6.45, 7) is 0.991. The third kappa shape index (κ3) is 3.57. The van der Waals surface area contributed by atoms with Gasteiger partial charge in [0.05, 0.1) is 17.9 Å². The van der Waals surface area contributed by atoms with E-state index in [1.54, 1.807) is 5.01 Å². The molecule has 130 valence electrons. The molecule has 1 N–H and O–H groups in total. The van der Waals surface area contributed by atoms with Crippen molar-refractivity contribution in [3.8, 4) is 11.3 Å². The van der Waals surface area contributed by atoms with Crippen molar-refractivity contribution < 1.29 is 9.53 Å². The minimum absolute atomic E-state index is 0.0385. The summed E-state index contributed by atoms with van der Waals surface area (Å²) in [5.74, 6) is -0.365. The molecule has 0 spiro atoms. The Hall–Kier alpha value is -3.19. The van der Waals surface area contributed by atoms with Crippen LogP contribution < -0.4 is 10.3 Å². The first-order valence-corrected chi connectivity index (χ1v) is 9.04. The molecule has 1 aliphatic heterocycles. The normalized spacial score (nSPS) is 13.7. The van der Waals surface area contributed by atoms with Crippen molar-refractivity contribution in [2.75, 3.05) is 23.5 Å². The Kier molecular flexibility index (Phi) is 4.61. The van der Waals surface area contributed by atoms with E-state index in [0.717, 1.165) is 16.9 Å². The van der Waals surface area contributed by atoms with Crippen LogP contribution in [0.1, 0.15) is 0 Å². The zero-order valence-corrected chi connectivity index (χ0v) is 14.6. The molecule has 2 aromatic carbocycles. The number of amides is 1. The molecule has 0 atom stereocenters. The van der Waals surface area contributed by atoms with Gasteiger partial charge in [-0.05, 0) is 12.1 Å². The largest absolute Gasteiger partial charge is 0.471 e. The third-order valence-electron chi connectivity index (χ3n) is 3.80. The van der Waals surface area contributed by atoms with E-state index in [-0.39, 0.29) is 5.90 Å². The Morgan fingerprint density at radius 1 is 1.08 bits per heavy atom. The summed E-state index contributed by atoms with van der Waals surface area (Å²) in [5.41, 5.74) is 2.75. The zero-order valence-electron chi connectivity index (χ0n) is 13.8. The number of para-hydroxylation sites is 1. The van der Waals surface area contributed by atoms with Crippen LogP contribution in [-0.4, -0.2) is 29.9 Å². The lowest BCUT2D eigenvalue weighted by molar-refractivity contribution is -0.111. The number of carbonyl (C=O) groups is 1. The summed E-state index contributed by atoms with van der Waals surface area (Å²) in [7, 11) is 0. The first-order chi connectivity index (χ1) is 12.8. The molecule has 0 radical (unpaired) electrons. The average Bonchev–Trinajstić information content (AvgIpc) is 3.18. The monoisotopic (exact) mass is 364 g/mol. The molecule has 1 amide bonds. The van der Waals surface area contributed by atoms with Crippen LogP contribution in [-0.2, 0) is 9.53 Å². The number of rotatable bonds is 4. The molecule has 4 rings (SSSR count). The second-order valence-corrected chi connectivity index (χ2v) is 6.43. The molecule has 0 aliphatic carbocycles. The highest BCUT2D eigenvalue weighted by Crippen LogP contribution is 2.24. The van der Waals surface area contributed by atoms with Crippen LogP contribution in [0.4, 0.5) is 10.8 Å². The van der Waals surface area contributed by atoms with Crippen LogP contribution in [0.3, 0.4) is 0 Å². The molecule has 0 bridgehead atoms. The number of thiazole rings is 1. The summed E-state index contributed by atoms with van der Waals surface area (Å²) in [6.07, 6.45) is 0. The molecule has 26 heavy (non-hydrogen) atoms. The molecule has 0 fully saturated rings. The lowest BCUT2D eigenvalue weighted by atomic mass is 10.2. The Bertz CT molecular complexity index is 925. The van der Waals surface area contributed by atoms with Crippen molar-refractivity contribution in [2.45, 2.75) is 0 Å². The number of benzene rings is 2. The van der Waals surface area contributed by atoms with E-state index >= 15 is 0 Å². The average molecular weight is 364 g/mol. The number of nitrogens with zero attached hydrogens (tertiary/aromatic N) is 3. The number of ether oxygens (including phenoxy) is 1. The second kappa shape index (κ2) is 7.37. The van der Waals surface area contributed by atoms with Crippen molar-refractivity contribution in [3.63, 3.8) is 0 Å². The SMILES string of the molecule is O=C(Nc1nc(-c2ccccc2)cs1)C1=NN(c2ccccc2)CCO1. The van der Waals surface area contributed by atoms with Crippen molar-refractivity contribution in [1.29, 1.82) is 0 Å². The fraction of sp³-hybridized carbons (Fsp3) is 0.105. The molecule has 0 saturated heterocycles. The highest BCUT2D eigenvalue weighted by Gasteiger charge is 2.22. The Balaban J connectivity index is 1.48. The van der Waals surface area contributed by atoms with Gasteiger partial charge in [-0.2, -0.15) is 0 Å². The maximum absolute atomic E-state index is 12.5. The maximum Gasteiger partial charge on any atom is 0.314 e. The van der Waals surface area contributed by atoms with E-state index < -0.39 is 5.91 Å². The quantitative estimate of drug-likeness (QED) is 0.768. The van der Waals surface area contributed by atoms with E-state index in [4.69, 9.17) is 4.74 Å². The number of carbonyl (C=O) groups excluding carboxylic acids is 1. The van der Waals surface area contributed by atoms with Gasteiger partial charge in [0.15, 0.2) is 5.13 Å². The van der Waals surface area contributed by atoms with Gasteiger partial charge in [-0.25, -0.2) is 4.98 Å². The summed E-state index contributed by atoms with van der Waals surface area (Å²) in [6, 6.07) is 19.5. The molecule has 2 heterocycles. The number of aromatic nitrogens is 1. The molecular weight excluding hydrogens is 348 g/mol. The van der Waals surface area contributed by atoms with Crippen LogP contribution in [0, 0.1) is 0 Å². The van der Waals surface area contributed by atoms with Crippen LogP contribution in [0.2, 0.25) is 0 Å².